The summed E-state index contributed by atoms with van der Waals surface area (Å²) >= 11 is 0. The van der Waals surface area contributed by atoms with Crippen molar-refractivity contribution in [2.75, 3.05) is 11.9 Å². The summed E-state index contributed by atoms with van der Waals surface area (Å²) in [5, 5.41) is 2.92. The van der Waals surface area contributed by atoms with Gasteiger partial charge in [-0.3, -0.25) is 9.59 Å². The third-order valence-electron chi connectivity index (χ3n) is 5.41. The number of anilines is 1. The number of nitrogens with zero attached hydrogens (tertiary/aromatic N) is 1. The summed E-state index contributed by atoms with van der Waals surface area (Å²) in [7, 11) is 0. The minimum Gasteiger partial charge on any atom is -0.368 e. The number of aromatic amines is 1. The number of ether oxygens (including phenoxy) is 1. The Morgan fingerprint density at radius 1 is 0.968 bits per heavy atom. The lowest BCUT2D eigenvalue weighted by atomic mass is 10.0. The third-order valence-corrected chi connectivity index (χ3v) is 5.41. The first kappa shape index (κ1) is 19.2. The second-order valence-electron chi connectivity index (χ2n) is 7.58. The molecule has 2 N–H and O–H groups in total. The molecule has 1 atom stereocenters. The molecule has 154 valence electrons. The van der Waals surface area contributed by atoms with E-state index in [1.165, 1.54) is 0 Å². The van der Waals surface area contributed by atoms with E-state index in [4.69, 9.17) is 4.74 Å². The number of hydrogen-bond donors (Lipinski definition) is 2. The van der Waals surface area contributed by atoms with Crippen molar-refractivity contribution in [1.29, 1.82) is 0 Å². The highest BCUT2D eigenvalue weighted by molar-refractivity contribution is 6.10. The third kappa shape index (κ3) is 3.98. The van der Waals surface area contributed by atoms with Crippen LogP contribution in [-0.2, 0) is 9.53 Å². The molecule has 0 radical (unpaired) electrons. The van der Waals surface area contributed by atoms with Crippen molar-refractivity contribution in [2.45, 2.75) is 18.9 Å². The van der Waals surface area contributed by atoms with Crippen molar-refractivity contribution in [3.8, 4) is 11.4 Å². The predicted molar refractivity (Wildman–Crippen MR) is 119 cm³/mol. The second-order valence-corrected chi connectivity index (χ2v) is 7.58. The Hall–Kier alpha value is -3.77. The van der Waals surface area contributed by atoms with E-state index in [1.54, 1.807) is 18.2 Å². The first-order chi connectivity index (χ1) is 15.2. The van der Waals surface area contributed by atoms with Crippen LogP contribution in [0.3, 0.4) is 0 Å². The average molecular weight is 411 g/mol. The van der Waals surface area contributed by atoms with E-state index in [9.17, 15) is 9.59 Å². The minimum absolute atomic E-state index is 0.0301. The second kappa shape index (κ2) is 8.16. The van der Waals surface area contributed by atoms with Gasteiger partial charge in [0.05, 0.1) is 11.0 Å². The number of ketones is 1. The first-order valence-electron chi connectivity index (χ1n) is 10.3. The van der Waals surface area contributed by atoms with Crippen LogP contribution in [0, 0.1) is 0 Å². The maximum atomic E-state index is 12.7. The van der Waals surface area contributed by atoms with Gasteiger partial charge in [0.25, 0.3) is 5.91 Å². The Morgan fingerprint density at radius 3 is 2.65 bits per heavy atom. The number of amides is 1. The van der Waals surface area contributed by atoms with Crippen molar-refractivity contribution in [1.82, 2.24) is 9.97 Å². The van der Waals surface area contributed by atoms with Crippen LogP contribution in [0.1, 0.15) is 28.8 Å². The number of nitrogens with one attached hydrogen (secondary N) is 2. The summed E-state index contributed by atoms with van der Waals surface area (Å²) in [5.41, 5.74) is 4.34. The number of H-pyrrole nitrogens is 1. The van der Waals surface area contributed by atoms with E-state index >= 15 is 0 Å². The van der Waals surface area contributed by atoms with Crippen LogP contribution in [0.15, 0.2) is 72.8 Å². The molecular weight excluding hydrogens is 390 g/mol. The Balaban J connectivity index is 1.40. The fourth-order valence-electron chi connectivity index (χ4n) is 3.80. The summed E-state index contributed by atoms with van der Waals surface area (Å²) in [4.78, 5) is 33.0. The molecule has 5 rings (SSSR count). The highest BCUT2D eigenvalue weighted by atomic mass is 16.5. The van der Waals surface area contributed by atoms with Gasteiger partial charge in [-0.05, 0) is 43.2 Å². The molecule has 0 saturated carbocycles. The van der Waals surface area contributed by atoms with Crippen molar-refractivity contribution in [3.63, 3.8) is 0 Å². The number of imidazole rings is 1. The van der Waals surface area contributed by atoms with Gasteiger partial charge in [0.2, 0.25) is 0 Å². The van der Waals surface area contributed by atoms with Crippen molar-refractivity contribution >= 4 is 28.4 Å². The van der Waals surface area contributed by atoms with Gasteiger partial charge in [-0.15, -0.1) is 0 Å². The van der Waals surface area contributed by atoms with E-state index in [-0.39, 0.29) is 17.8 Å². The molecule has 4 aromatic rings. The van der Waals surface area contributed by atoms with Gasteiger partial charge in [0.15, 0.2) is 5.78 Å². The number of carbonyl (C=O) groups excluding carboxylic acids is 2. The van der Waals surface area contributed by atoms with Crippen molar-refractivity contribution in [3.05, 3.63) is 83.9 Å². The van der Waals surface area contributed by atoms with Gasteiger partial charge in [-0.2, -0.15) is 0 Å². The smallest absolute Gasteiger partial charge is 0.253 e. The van der Waals surface area contributed by atoms with E-state index in [1.807, 2.05) is 54.6 Å². The molecule has 1 aliphatic rings. The molecule has 3 aromatic carbocycles. The Labute approximate surface area is 179 Å². The fraction of sp³-hybridized carbons (Fsp3) is 0.160. The lowest BCUT2D eigenvalue weighted by Crippen LogP contribution is -2.26. The highest BCUT2D eigenvalue weighted by Crippen LogP contribution is 2.25. The quantitative estimate of drug-likeness (QED) is 0.471. The van der Waals surface area contributed by atoms with Gasteiger partial charge in [0, 0.05) is 29.0 Å². The maximum Gasteiger partial charge on any atom is 0.253 e. The standard InChI is InChI=1S/C25H21N3O3/c29-23(16-6-2-1-3-7-16)17-11-12-20-21(15-17)28-24(27-20)18-8-4-9-19(14-18)26-25(30)22-10-5-13-31-22/h1-4,6-9,11-12,14-15,22H,5,10,13H2,(H,26,30)(H,27,28). The zero-order valence-electron chi connectivity index (χ0n) is 16.8. The molecule has 6 nitrogen and oxygen atoms in total. The number of hydrogen-bond acceptors (Lipinski definition) is 4. The van der Waals surface area contributed by atoms with E-state index in [0.29, 0.717) is 29.2 Å². The molecule has 1 unspecified atom stereocenters. The van der Waals surface area contributed by atoms with E-state index in [2.05, 4.69) is 15.3 Å². The van der Waals surface area contributed by atoms with Crippen LogP contribution in [0.2, 0.25) is 0 Å². The van der Waals surface area contributed by atoms with Crippen LogP contribution in [0.4, 0.5) is 5.69 Å². The van der Waals surface area contributed by atoms with E-state index < -0.39 is 0 Å². The molecule has 1 amide bonds. The molecule has 1 aliphatic heterocycles. The predicted octanol–water partition coefficient (Wildman–Crippen LogP) is 4.58. The summed E-state index contributed by atoms with van der Waals surface area (Å²) in [6.07, 6.45) is 1.28. The van der Waals surface area contributed by atoms with Gasteiger partial charge in [0.1, 0.15) is 11.9 Å². The summed E-state index contributed by atoms with van der Waals surface area (Å²) in [6, 6.07) is 22.2. The SMILES string of the molecule is O=C(c1ccccc1)c1ccc2nc(-c3cccc(NC(=O)C4CCCO4)c3)[nH]c2c1. The lowest BCUT2D eigenvalue weighted by Gasteiger charge is -2.11. The summed E-state index contributed by atoms with van der Waals surface area (Å²) in [6.45, 7) is 0.631. The fourth-order valence-corrected chi connectivity index (χ4v) is 3.80. The molecule has 6 heteroatoms. The van der Waals surface area contributed by atoms with Gasteiger partial charge in [-0.25, -0.2) is 4.98 Å². The molecular formula is C25H21N3O3. The topological polar surface area (TPSA) is 84.1 Å². The minimum atomic E-state index is -0.379. The van der Waals surface area contributed by atoms with Gasteiger partial charge < -0.3 is 15.0 Å². The Bertz CT molecular complexity index is 1260. The molecule has 0 aliphatic carbocycles. The van der Waals surface area contributed by atoms with Crippen LogP contribution >= 0.6 is 0 Å². The number of benzene rings is 3. The Morgan fingerprint density at radius 2 is 1.84 bits per heavy atom. The average Bonchev–Trinajstić information content (AvgIpc) is 3.49. The Kier molecular flexibility index (Phi) is 5.06. The zero-order chi connectivity index (χ0) is 21.2. The highest BCUT2D eigenvalue weighted by Gasteiger charge is 2.23. The molecule has 2 heterocycles. The molecule has 0 bridgehead atoms. The maximum absolute atomic E-state index is 12.7. The number of fused-ring (bicyclic) bond motifs is 1. The summed E-state index contributed by atoms with van der Waals surface area (Å²) < 4.78 is 5.45. The van der Waals surface area contributed by atoms with Crippen molar-refractivity contribution < 1.29 is 14.3 Å². The number of aromatic nitrogens is 2. The van der Waals surface area contributed by atoms with Crippen LogP contribution < -0.4 is 5.32 Å². The molecule has 0 spiro atoms. The van der Waals surface area contributed by atoms with Crippen LogP contribution in [-0.4, -0.2) is 34.4 Å². The number of rotatable bonds is 5. The monoisotopic (exact) mass is 411 g/mol. The van der Waals surface area contributed by atoms with Gasteiger partial charge in [-0.1, -0.05) is 42.5 Å². The van der Waals surface area contributed by atoms with Crippen LogP contribution in [0.5, 0.6) is 0 Å². The molecule has 1 fully saturated rings. The summed E-state index contributed by atoms with van der Waals surface area (Å²) in [5.74, 6) is 0.522. The largest absolute Gasteiger partial charge is 0.368 e. The van der Waals surface area contributed by atoms with Crippen molar-refractivity contribution in [2.24, 2.45) is 0 Å². The zero-order valence-corrected chi connectivity index (χ0v) is 16.8. The molecule has 1 aromatic heterocycles. The normalized spacial score (nSPS) is 15.8. The van der Waals surface area contributed by atoms with Crippen LogP contribution in [0.25, 0.3) is 22.4 Å². The first-order valence-corrected chi connectivity index (χ1v) is 10.3. The van der Waals surface area contributed by atoms with E-state index in [0.717, 1.165) is 29.4 Å². The lowest BCUT2D eigenvalue weighted by molar-refractivity contribution is -0.124. The number of carbonyl (C=O) groups is 2. The molecule has 1 saturated heterocycles. The van der Waals surface area contributed by atoms with Gasteiger partial charge >= 0.3 is 0 Å². The molecule has 31 heavy (non-hydrogen) atoms.